The molecule has 7 heteroatoms. The second-order valence-electron chi connectivity index (χ2n) is 5.52. The van der Waals surface area contributed by atoms with E-state index in [9.17, 15) is 12.8 Å². The van der Waals surface area contributed by atoms with Crippen LogP contribution in [0.15, 0.2) is 53.4 Å². The molecule has 1 N–H and O–H groups in total. The predicted molar refractivity (Wildman–Crippen MR) is 89.7 cm³/mol. The van der Waals surface area contributed by atoms with Crippen LogP contribution < -0.4 is 5.32 Å². The van der Waals surface area contributed by atoms with E-state index in [1.165, 1.54) is 16.4 Å². The van der Waals surface area contributed by atoms with Gasteiger partial charge in [0.05, 0.1) is 18.1 Å². The van der Waals surface area contributed by atoms with Crippen LogP contribution in [-0.2, 0) is 21.3 Å². The van der Waals surface area contributed by atoms with Crippen LogP contribution in [0.5, 0.6) is 0 Å². The third-order valence-electron chi connectivity index (χ3n) is 3.87. The molecule has 0 unspecified atom stereocenters. The molecule has 24 heavy (non-hydrogen) atoms. The molecule has 0 aliphatic carbocycles. The molecule has 0 aromatic heterocycles. The van der Waals surface area contributed by atoms with Crippen molar-refractivity contribution < 1.29 is 17.5 Å². The number of rotatable bonds is 5. The van der Waals surface area contributed by atoms with Crippen LogP contribution in [0.3, 0.4) is 0 Å². The summed E-state index contributed by atoms with van der Waals surface area (Å²) in [6.07, 6.45) is 0. The van der Waals surface area contributed by atoms with Gasteiger partial charge in [-0.2, -0.15) is 4.31 Å². The number of halogens is 1. The van der Waals surface area contributed by atoms with E-state index in [0.717, 1.165) is 11.3 Å². The topological polar surface area (TPSA) is 58.6 Å². The Morgan fingerprint density at radius 2 is 1.62 bits per heavy atom. The molecular weight excluding hydrogens is 331 g/mol. The lowest BCUT2D eigenvalue weighted by molar-refractivity contribution is 0.0730. The number of anilines is 1. The normalized spacial score (nSPS) is 16.0. The summed E-state index contributed by atoms with van der Waals surface area (Å²) >= 11 is 0. The highest BCUT2D eigenvalue weighted by Crippen LogP contribution is 2.19. The van der Waals surface area contributed by atoms with Crippen LogP contribution in [-0.4, -0.2) is 39.0 Å². The van der Waals surface area contributed by atoms with E-state index in [0.29, 0.717) is 32.8 Å². The quantitative estimate of drug-likeness (QED) is 0.900. The number of sulfonamides is 1. The van der Waals surface area contributed by atoms with Gasteiger partial charge in [0, 0.05) is 25.3 Å². The zero-order valence-corrected chi connectivity index (χ0v) is 13.9. The van der Waals surface area contributed by atoms with Crippen LogP contribution in [0.25, 0.3) is 0 Å². The third kappa shape index (κ3) is 3.92. The van der Waals surface area contributed by atoms with Crippen LogP contribution in [0.4, 0.5) is 10.1 Å². The van der Waals surface area contributed by atoms with Gasteiger partial charge in [-0.15, -0.1) is 0 Å². The van der Waals surface area contributed by atoms with Crippen molar-refractivity contribution in [1.82, 2.24) is 4.31 Å². The fraction of sp³-hybridized carbons (Fsp3) is 0.294. The minimum atomic E-state index is -3.47. The maximum atomic E-state index is 12.9. The van der Waals surface area contributed by atoms with E-state index in [-0.39, 0.29) is 10.7 Å². The zero-order valence-electron chi connectivity index (χ0n) is 13.1. The van der Waals surface area contributed by atoms with E-state index in [1.54, 1.807) is 36.4 Å². The Morgan fingerprint density at radius 1 is 1.00 bits per heavy atom. The van der Waals surface area contributed by atoms with Gasteiger partial charge in [0.2, 0.25) is 10.0 Å². The summed E-state index contributed by atoms with van der Waals surface area (Å²) in [7, 11) is -3.47. The highest BCUT2D eigenvalue weighted by atomic mass is 32.2. The molecule has 0 atom stereocenters. The molecule has 0 saturated carbocycles. The number of benzene rings is 2. The Labute approximate surface area is 141 Å². The Kier molecular flexibility index (Phi) is 5.13. The molecular formula is C17H19FN2O3S. The molecule has 2 aromatic rings. The lowest BCUT2D eigenvalue weighted by Crippen LogP contribution is -2.40. The van der Waals surface area contributed by atoms with Gasteiger partial charge in [-0.25, -0.2) is 12.8 Å². The summed E-state index contributed by atoms with van der Waals surface area (Å²) in [5.41, 5.74) is 1.75. The highest BCUT2D eigenvalue weighted by Gasteiger charge is 2.25. The fourth-order valence-corrected chi connectivity index (χ4v) is 3.90. The number of nitrogens with one attached hydrogen (secondary N) is 1. The summed E-state index contributed by atoms with van der Waals surface area (Å²) in [6.45, 7) is 2.16. The summed E-state index contributed by atoms with van der Waals surface area (Å²) in [5, 5.41) is 3.19. The van der Waals surface area contributed by atoms with Crippen molar-refractivity contribution in [2.75, 3.05) is 31.6 Å². The second-order valence-corrected chi connectivity index (χ2v) is 7.46. The van der Waals surface area contributed by atoms with Crippen molar-refractivity contribution in [2.45, 2.75) is 11.4 Å². The van der Waals surface area contributed by atoms with Crippen molar-refractivity contribution in [2.24, 2.45) is 0 Å². The number of hydrogen-bond donors (Lipinski definition) is 1. The lowest BCUT2D eigenvalue weighted by atomic mass is 10.2. The largest absolute Gasteiger partial charge is 0.381 e. The Hall–Kier alpha value is -1.96. The van der Waals surface area contributed by atoms with Gasteiger partial charge in [-0.3, -0.25) is 0 Å². The van der Waals surface area contributed by atoms with Gasteiger partial charge in [-0.1, -0.05) is 12.1 Å². The van der Waals surface area contributed by atoms with E-state index < -0.39 is 10.0 Å². The summed E-state index contributed by atoms with van der Waals surface area (Å²) in [5.74, 6) is -0.267. The summed E-state index contributed by atoms with van der Waals surface area (Å²) < 4.78 is 44.6. The van der Waals surface area contributed by atoms with E-state index in [4.69, 9.17) is 4.74 Å². The van der Waals surface area contributed by atoms with Gasteiger partial charge < -0.3 is 10.1 Å². The van der Waals surface area contributed by atoms with Crippen molar-refractivity contribution >= 4 is 15.7 Å². The van der Waals surface area contributed by atoms with Crippen molar-refractivity contribution in [1.29, 1.82) is 0 Å². The molecule has 1 aliphatic rings. The number of ether oxygens (including phenoxy) is 1. The molecule has 3 rings (SSSR count). The molecule has 5 nitrogen and oxygen atoms in total. The molecule has 2 aromatic carbocycles. The minimum Gasteiger partial charge on any atom is -0.381 e. The highest BCUT2D eigenvalue weighted by molar-refractivity contribution is 7.89. The lowest BCUT2D eigenvalue weighted by Gasteiger charge is -2.26. The fourth-order valence-electron chi connectivity index (χ4n) is 2.49. The van der Waals surface area contributed by atoms with Crippen LogP contribution in [0.1, 0.15) is 5.56 Å². The molecule has 128 valence electrons. The molecule has 1 aliphatic heterocycles. The molecule has 0 radical (unpaired) electrons. The average molecular weight is 350 g/mol. The first-order valence-corrected chi connectivity index (χ1v) is 9.16. The molecule has 1 fully saturated rings. The molecule has 0 spiro atoms. The Bertz CT molecular complexity index is 770. The van der Waals surface area contributed by atoms with E-state index >= 15 is 0 Å². The second kappa shape index (κ2) is 7.29. The Morgan fingerprint density at radius 3 is 2.25 bits per heavy atom. The Balaban J connectivity index is 1.65. The zero-order chi connectivity index (χ0) is 17.0. The summed E-state index contributed by atoms with van der Waals surface area (Å²) in [4.78, 5) is 0.275. The van der Waals surface area contributed by atoms with Crippen LogP contribution >= 0.6 is 0 Å². The van der Waals surface area contributed by atoms with Gasteiger partial charge in [0.1, 0.15) is 5.82 Å². The van der Waals surface area contributed by atoms with Gasteiger partial charge in [0.15, 0.2) is 0 Å². The first kappa shape index (κ1) is 16.9. The van der Waals surface area contributed by atoms with Crippen molar-refractivity contribution in [3.05, 3.63) is 59.9 Å². The van der Waals surface area contributed by atoms with E-state index in [2.05, 4.69) is 5.32 Å². The molecule has 1 saturated heterocycles. The third-order valence-corrected chi connectivity index (χ3v) is 5.78. The first-order chi connectivity index (χ1) is 11.6. The predicted octanol–water partition coefficient (Wildman–Crippen LogP) is 2.46. The standard InChI is InChI=1S/C17H19FN2O3S/c18-15-3-1-14(2-4-15)13-19-16-5-7-17(8-6-16)24(21,22)20-9-11-23-12-10-20/h1-8,19H,9-13H2. The number of morpholine rings is 1. The van der Waals surface area contributed by atoms with E-state index in [1.807, 2.05) is 0 Å². The van der Waals surface area contributed by atoms with Gasteiger partial charge >= 0.3 is 0 Å². The van der Waals surface area contributed by atoms with Gasteiger partial charge in [-0.05, 0) is 42.0 Å². The number of hydrogen-bond acceptors (Lipinski definition) is 4. The van der Waals surface area contributed by atoms with Crippen LogP contribution in [0.2, 0.25) is 0 Å². The minimum absolute atomic E-state index is 0.267. The van der Waals surface area contributed by atoms with Crippen molar-refractivity contribution in [3.8, 4) is 0 Å². The SMILES string of the molecule is O=S(=O)(c1ccc(NCc2ccc(F)cc2)cc1)N1CCOCC1. The molecule has 0 amide bonds. The van der Waals surface area contributed by atoms with Gasteiger partial charge in [0.25, 0.3) is 0 Å². The smallest absolute Gasteiger partial charge is 0.243 e. The first-order valence-electron chi connectivity index (χ1n) is 7.72. The maximum absolute atomic E-state index is 12.9. The molecule has 1 heterocycles. The average Bonchev–Trinajstić information content (AvgIpc) is 2.62. The monoisotopic (exact) mass is 350 g/mol. The summed E-state index contributed by atoms with van der Waals surface area (Å²) in [6, 6.07) is 12.9. The molecule has 0 bridgehead atoms. The number of nitrogens with zero attached hydrogens (tertiary/aromatic N) is 1. The van der Waals surface area contributed by atoms with Crippen molar-refractivity contribution in [3.63, 3.8) is 0 Å². The maximum Gasteiger partial charge on any atom is 0.243 e. The van der Waals surface area contributed by atoms with Crippen LogP contribution in [0, 0.1) is 5.82 Å².